The zero-order valence-electron chi connectivity index (χ0n) is 9.84. The van der Waals surface area contributed by atoms with E-state index in [1.165, 1.54) is 4.31 Å². The first-order valence-corrected chi connectivity index (χ1v) is 6.58. The Kier molecular flexibility index (Phi) is 4.07. The highest BCUT2D eigenvalue weighted by molar-refractivity contribution is 7.89. The van der Waals surface area contributed by atoms with Crippen LogP contribution in [0.2, 0.25) is 0 Å². The van der Waals surface area contributed by atoms with Gasteiger partial charge in [0.15, 0.2) is 0 Å². The molecule has 1 atom stereocenters. The van der Waals surface area contributed by atoms with Crippen molar-refractivity contribution in [1.82, 2.24) is 4.31 Å². The molecule has 1 aromatic rings. The molecule has 0 spiro atoms. The second-order valence-corrected chi connectivity index (χ2v) is 5.92. The van der Waals surface area contributed by atoms with Gasteiger partial charge in [-0.25, -0.2) is 8.42 Å². The third-order valence-corrected chi connectivity index (χ3v) is 4.60. The fourth-order valence-corrected chi connectivity index (χ4v) is 2.81. The van der Waals surface area contributed by atoms with Crippen LogP contribution in [0.4, 0.5) is 0 Å². The van der Waals surface area contributed by atoms with Gasteiger partial charge in [0.1, 0.15) is 0 Å². The van der Waals surface area contributed by atoms with E-state index >= 15 is 0 Å². The monoisotopic (exact) mass is 242 g/mol. The van der Waals surface area contributed by atoms with E-state index in [1.54, 1.807) is 32.2 Å². The van der Waals surface area contributed by atoms with Crippen molar-refractivity contribution < 1.29 is 8.42 Å². The maximum atomic E-state index is 12.2. The van der Waals surface area contributed by atoms with Crippen LogP contribution >= 0.6 is 0 Å². The zero-order chi connectivity index (χ0) is 12.3. The van der Waals surface area contributed by atoms with E-state index in [1.807, 2.05) is 13.0 Å². The average molecular weight is 242 g/mol. The van der Waals surface area contributed by atoms with Crippen LogP contribution in [0.15, 0.2) is 29.2 Å². The number of likely N-dealkylation sites (N-methyl/N-ethyl adjacent to an activating group) is 1. The molecule has 90 valence electrons. The molecule has 4 nitrogen and oxygen atoms in total. The molecule has 5 heteroatoms. The van der Waals surface area contributed by atoms with E-state index in [9.17, 15) is 8.42 Å². The zero-order valence-corrected chi connectivity index (χ0v) is 10.7. The van der Waals surface area contributed by atoms with Gasteiger partial charge < -0.3 is 5.73 Å². The molecule has 0 saturated heterocycles. The van der Waals surface area contributed by atoms with Crippen LogP contribution in [0, 0.1) is 6.92 Å². The summed E-state index contributed by atoms with van der Waals surface area (Å²) in [6, 6.07) is 6.66. The van der Waals surface area contributed by atoms with Crippen LogP contribution in [-0.4, -0.2) is 32.4 Å². The van der Waals surface area contributed by atoms with Gasteiger partial charge in [0.2, 0.25) is 10.0 Å². The van der Waals surface area contributed by atoms with Crippen LogP contribution in [0.25, 0.3) is 0 Å². The Labute approximate surface area is 97.1 Å². The van der Waals surface area contributed by atoms with Crippen LogP contribution in [0.5, 0.6) is 0 Å². The number of rotatable bonds is 4. The molecule has 1 aromatic carbocycles. The van der Waals surface area contributed by atoms with E-state index in [0.717, 1.165) is 5.56 Å². The van der Waals surface area contributed by atoms with E-state index in [4.69, 9.17) is 5.73 Å². The first-order valence-electron chi connectivity index (χ1n) is 5.14. The lowest BCUT2D eigenvalue weighted by molar-refractivity contribution is 0.394. The lowest BCUT2D eigenvalue weighted by Gasteiger charge is -2.23. The molecule has 16 heavy (non-hydrogen) atoms. The van der Waals surface area contributed by atoms with E-state index in [0.29, 0.717) is 11.4 Å². The quantitative estimate of drug-likeness (QED) is 0.855. The third kappa shape index (κ3) is 2.61. The number of benzene rings is 1. The summed E-state index contributed by atoms with van der Waals surface area (Å²) in [5, 5.41) is 0. The molecular weight excluding hydrogens is 224 g/mol. The Morgan fingerprint density at radius 3 is 2.56 bits per heavy atom. The minimum absolute atomic E-state index is 0.203. The maximum absolute atomic E-state index is 12.2. The number of hydrogen-bond acceptors (Lipinski definition) is 3. The Hall–Kier alpha value is -0.910. The number of sulfonamides is 1. The summed E-state index contributed by atoms with van der Waals surface area (Å²) in [6.07, 6.45) is 0. The van der Waals surface area contributed by atoms with Crippen molar-refractivity contribution in [2.75, 3.05) is 13.6 Å². The molecule has 1 rings (SSSR count). The van der Waals surface area contributed by atoms with Gasteiger partial charge in [0, 0.05) is 19.6 Å². The number of hydrogen-bond donors (Lipinski definition) is 1. The fraction of sp³-hybridized carbons (Fsp3) is 0.455. The number of nitrogens with zero attached hydrogens (tertiary/aromatic N) is 1. The molecule has 2 N–H and O–H groups in total. The maximum Gasteiger partial charge on any atom is 0.243 e. The average Bonchev–Trinajstić information content (AvgIpc) is 2.27. The summed E-state index contributed by atoms with van der Waals surface area (Å²) in [5.41, 5.74) is 6.40. The van der Waals surface area contributed by atoms with Gasteiger partial charge in [-0.15, -0.1) is 0 Å². The minimum atomic E-state index is -3.42. The Balaban J connectivity index is 3.12. The molecule has 0 aliphatic carbocycles. The normalized spacial score (nSPS) is 14.1. The second-order valence-electron chi connectivity index (χ2n) is 3.92. The Morgan fingerprint density at radius 2 is 2.06 bits per heavy atom. The summed E-state index contributed by atoms with van der Waals surface area (Å²) in [5.74, 6) is 0. The Morgan fingerprint density at radius 1 is 1.44 bits per heavy atom. The highest BCUT2D eigenvalue weighted by Gasteiger charge is 2.24. The van der Waals surface area contributed by atoms with Crippen molar-refractivity contribution in [3.63, 3.8) is 0 Å². The predicted octanol–water partition coefficient (Wildman–Crippen LogP) is 0.963. The molecule has 1 unspecified atom stereocenters. The van der Waals surface area contributed by atoms with Gasteiger partial charge in [-0.05, 0) is 31.5 Å². The van der Waals surface area contributed by atoms with Crippen LogP contribution in [-0.2, 0) is 10.0 Å². The van der Waals surface area contributed by atoms with Crippen LogP contribution in [0.3, 0.4) is 0 Å². The minimum Gasteiger partial charge on any atom is -0.329 e. The first kappa shape index (κ1) is 13.2. The van der Waals surface area contributed by atoms with Crippen molar-refractivity contribution in [3.8, 4) is 0 Å². The van der Waals surface area contributed by atoms with Gasteiger partial charge in [0.25, 0.3) is 0 Å². The standard InChI is InChI=1S/C11H18N2O2S/c1-9-5-4-6-11(7-9)16(14,15)13(3)10(2)8-12/h4-7,10H,8,12H2,1-3H3. The second kappa shape index (κ2) is 4.95. The van der Waals surface area contributed by atoms with Crippen molar-refractivity contribution in [2.45, 2.75) is 24.8 Å². The fourth-order valence-electron chi connectivity index (χ4n) is 1.33. The van der Waals surface area contributed by atoms with Crippen LogP contribution in [0.1, 0.15) is 12.5 Å². The van der Waals surface area contributed by atoms with Gasteiger partial charge in [-0.1, -0.05) is 12.1 Å². The summed E-state index contributed by atoms with van der Waals surface area (Å²) in [7, 11) is -1.87. The van der Waals surface area contributed by atoms with Gasteiger partial charge in [-0.2, -0.15) is 4.31 Å². The van der Waals surface area contributed by atoms with Gasteiger partial charge in [-0.3, -0.25) is 0 Å². The van der Waals surface area contributed by atoms with Gasteiger partial charge in [0.05, 0.1) is 4.90 Å². The molecule has 0 amide bonds. The smallest absolute Gasteiger partial charge is 0.243 e. The van der Waals surface area contributed by atoms with E-state index < -0.39 is 10.0 Å². The first-order chi connectivity index (χ1) is 7.39. The summed E-state index contributed by atoms with van der Waals surface area (Å²) in [6.45, 7) is 3.96. The van der Waals surface area contributed by atoms with Crippen molar-refractivity contribution in [1.29, 1.82) is 0 Å². The highest BCUT2D eigenvalue weighted by Crippen LogP contribution is 2.17. The van der Waals surface area contributed by atoms with Crippen molar-refractivity contribution >= 4 is 10.0 Å². The number of nitrogens with two attached hydrogens (primary N) is 1. The van der Waals surface area contributed by atoms with E-state index in [2.05, 4.69) is 0 Å². The number of aryl methyl sites for hydroxylation is 1. The largest absolute Gasteiger partial charge is 0.329 e. The molecule has 0 aliphatic heterocycles. The highest BCUT2D eigenvalue weighted by atomic mass is 32.2. The lowest BCUT2D eigenvalue weighted by Crippen LogP contribution is -2.39. The lowest BCUT2D eigenvalue weighted by atomic mass is 10.2. The molecule has 0 fully saturated rings. The van der Waals surface area contributed by atoms with Crippen molar-refractivity contribution in [2.24, 2.45) is 5.73 Å². The molecule has 0 aliphatic rings. The van der Waals surface area contributed by atoms with Gasteiger partial charge >= 0.3 is 0 Å². The van der Waals surface area contributed by atoms with Crippen LogP contribution < -0.4 is 5.73 Å². The summed E-state index contributed by atoms with van der Waals surface area (Å²) < 4.78 is 25.6. The topological polar surface area (TPSA) is 63.4 Å². The molecule has 0 bridgehead atoms. The molecule has 0 heterocycles. The third-order valence-electron chi connectivity index (χ3n) is 2.63. The SMILES string of the molecule is Cc1cccc(S(=O)(=O)N(C)C(C)CN)c1. The molecule has 0 radical (unpaired) electrons. The molecule has 0 saturated carbocycles. The van der Waals surface area contributed by atoms with Crippen molar-refractivity contribution in [3.05, 3.63) is 29.8 Å². The predicted molar refractivity (Wildman–Crippen MR) is 64.6 cm³/mol. The van der Waals surface area contributed by atoms with E-state index in [-0.39, 0.29) is 6.04 Å². The summed E-state index contributed by atoms with van der Waals surface area (Å²) in [4.78, 5) is 0.315. The summed E-state index contributed by atoms with van der Waals surface area (Å²) >= 11 is 0. The molecular formula is C11H18N2O2S. The molecule has 0 aromatic heterocycles. The Bertz CT molecular complexity index is 457.